The molecule has 0 radical (unpaired) electrons. The van der Waals surface area contributed by atoms with Crippen LogP contribution in [0.15, 0.2) is 108 Å². The van der Waals surface area contributed by atoms with Gasteiger partial charge in [-0.3, -0.25) is 4.79 Å². The quantitative estimate of drug-likeness (QED) is 0.354. The van der Waals surface area contributed by atoms with E-state index in [0.717, 1.165) is 28.2 Å². The molecule has 0 aliphatic heterocycles. The Hall–Kier alpha value is -4.38. The summed E-state index contributed by atoms with van der Waals surface area (Å²) in [7, 11) is 0. The van der Waals surface area contributed by atoms with Crippen molar-refractivity contribution < 1.29 is 9.47 Å². The van der Waals surface area contributed by atoms with Crippen LogP contribution in [0.2, 0.25) is 0 Å². The van der Waals surface area contributed by atoms with E-state index in [1.807, 2.05) is 97.1 Å². The predicted molar refractivity (Wildman–Crippen MR) is 129 cm³/mol. The molecule has 0 spiro atoms. The third-order valence-electron chi connectivity index (χ3n) is 5.32. The highest BCUT2D eigenvalue weighted by atomic mass is 16.5. The summed E-state index contributed by atoms with van der Waals surface area (Å²) in [4.78, 5) is 19.7. The molecule has 1 heterocycles. The van der Waals surface area contributed by atoms with Crippen molar-refractivity contribution >= 4 is 10.9 Å². The Morgan fingerprint density at radius 3 is 1.91 bits per heavy atom. The molecular weight excluding hydrogens is 412 g/mol. The lowest BCUT2D eigenvalue weighted by molar-refractivity contribution is 0.301. The monoisotopic (exact) mass is 434 g/mol. The molecule has 1 aromatic heterocycles. The highest BCUT2D eigenvalue weighted by Crippen LogP contribution is 2.21. The van der Waals surface area contributed by atoms with Gasteiger partial charge < -0.3 is 14.5 Å². The minimum absolute atomic E-state index is 0.146. The second-order valence-corrected chi connectivity index (χ2v) is 7.66. The molecule has 33 heavy (non-hydrogen) atoms. The molecule has 1 N–H and O–H groups in total. The summed E-state index contributed by atoms with van der Waals surface area (Å²) in [5.41, 5.74) is 3.54. The van der Waals surface area contributed by atoms with Crippen LogP contribution in [0.1, 0.15) is 11.1 Å². The average Bonchev–Trinajstić information content (AvgIpc) is 2.88. The first-order chi connectivity index (χ1) is 16.2. The summed E-state index contributed by atoms with van der Waals surface area (Å²) in [6, 6.07) is 32.8. The summed E-state index contributed by atoms with van der Waals surface area (Å²) < 4.78 is 11.7. The summed E-state index contributed by atoms with van der Waals surface area (Å²) >= 11 is 0. The topological polar surface area (TPSA) is 64.2 Å². The van der Waals surface area contributed by atoms with Gasteiger partial charge in [0, 0.05) is 5.56 Å². The second-order valence-electron chi connectivity index (χ2n) is 7.66. The molecule has 162 valence electrons. The summed E-state index contributed by atoms with van der Waals surface area (Å²) in [6.07, 6.45) is 0. The van der Waals surface area contributed by atoms with Crippen LogP contribution in [-0.2, 0) is 13.2 Å². The summed E-state index contributed by atoms with van der Waals surface area (Å²) in [5, 5.41) is 0.581. The molecule has 0 unspecified atom stereocenters. The van der Waals surface area contributed by atoms with Crippen molar-refractivity contribution in [3.63, 3.8) is 0 Å². The first-order valence-corrected chi connectivity index (χ1v) is 10.7. The SMILES string of the molecule is O=c1[nH]c(-c2ccc(OCc3ccc(OCc4ccccc4)cc3)cc2)nc2ccccc12. The van der Waals surface area contributed by atoms with Crippen LogP contribution in [0.25, 0.3) is 22.3 Å². The summed E-state index contributed by atoms with van der Waals surface area (Å²) in [6.45, 7) is 0.990. The number of aromatic amines is 1. The van der Waals surface area contributed by atoms with Crippen LogP contribution in [0.3, 0.4) is 0 Å². The number of fused-ring (bicyclic) bond motifs is 1. The van der Waals surface area contributed by atoms with Crippen molar-refractivity contribution in [3.05, 3.63) is 125 Å². The van der Waals surface area contributed by atoms with Gasteiger partial charge in [0.25, 0.3) is 5.56 Å². The van der Waals surface area contributed by atoms with Crippen LogP contribution >= 0.6 is 0 Å². The maximum Gasteiger partial charge on any atom is 0.259 e. The van der Waals surface area contributed by atoms with Gasteiger partial charge in [-0.05, 0) is 59.7 Å². The van der Waals surface area contributed by atoms with E-state index in [-0.39, 0.29) is 5.56 Å². The number of hydrogen-bond donors (Lipinski definition) is 1. The maximum absolute atomic E-state index is 12.3. The number of nitrogens with zero attached hydrogens (tertiary/aromatic N) is 1. The number of ether oxygens (including phenoxy) is 2. The van der Waals surface area contributed by atoms with Gasteiger partial charge in [-0.25, -0.2) is 4.98 Å². The number of nitrogens with one attached hydrogen (secondary N) is 1. The molecule has 5 rings (SSSR count). The third-order valence-corrected chi connectivity index (χ3v) is 5.32. The lowest BCUT2D eigenvalue weighted by Gasteiger charge is -2.09. The largest absolute Gasteiger partial charge is 0.489 e. The number of para-hydroxylation sites is 1. The molecule has 0 fully saturated rings. The molecule has 5 heteroatoms. The van der Waals surface area contributed by atoms with Crippen molar-refractivity contribution in [1.82, 2.24) is 9.97 Å². The lowest BCUT2D eigenvalue weighted by atomic mass is 10.2. The van der Waals surface area contributed by atoms with Gasteiger partial charge in [0.2, 0.25) is 0 Å². The average molecular weight is 434 g/mol. The molecule has 0 saturated heterocycles. The Morgan fingerprint density at radius 2 is 1.21 bits per heavy atom. The Kier molecular flexibility index (Phi) is 5.85. The van der Waals surface area contributed by atoms with E-state index in [9.17, 15) is 4.79 Å². The van der Waals surface area contributed by atoms with Crippen LogP contribution in [0.5, 0.6) is 11.5 Å². The molecule has 5 nitrogen and oxygen atoms in total. The van der Waals surface area contributed by atoms with Gasteiger partial charge in [0.15, 0.2) is 0 Å². The van der Waals surface area contributed by atoms with Gasteiger partial charge >= 0.3 is 0 Å². The first kappa shape index (κ1) is 20.5. The van der Waals surface area contributed by atoms with E-state index in [4.69, 9.17) is 9.47 Å². The fraction of sp³-hybridized carbons (Fsp3) is 0.0714. The van der Waals surface area contributed by atoms with Crippen LogP contribution in [0, 0.1) is 0 Å². The number of hydrogen-bond acceptors (Lipinski definition) is 4. The van der Waals surface area contributed by atoms with Gasteiger partial charge in [-0.15, -0.1) is 0 Å². The van der Waals surface area contributed by atoms with Crippen molar-refractivity contribution in [2.24, 2.45) is 0 Å². The number of H-pyrrole nitrogens is 1. The highest BCUT2D eigenvalue weighted by molar-refractivity contribution is 5.79. The zero-order valence-electron chi connectivity index (χ0n) is 17.9. The zero-order valence-corrected chi connectivity index (χ0v) is 17.9. The fourth-order valence-electron chi connectivity index (χ4n) is 3.52. The Balaban J connectivity index is 1.20. The second kappa shape index (κ2) is 9.40. The number of aromatic nitrogens is 2. The Morgan fingerprint density at radius 1 is 0.636 bits per heavy atom. The van der Waals surface area contributed by atoms with Crippen LogP contribution < -0.4 is 15.0 Å². The van der Waals surface area contributed by atoms with Gasteiger partial charge in [0.05, 0.1) is 10.9 Å². The molecule has 0 atom stereocenters. The smallest absolute Gasteiger partial charge is 0.259 e. The van der Waals surface area contributed by atoms with Crippen LogP contribution in [0.4, 0.5) is 0 Å². The van der Waals surface area contributed by atoms with Crippen molar-refractivity contribution in [2.45, 2.75) is 13.2 Å². The molecule has 0 aliphatic carbocycles. The van der Waals surface area contributed by atoms with E-state index in [1.54, 1.807) is 6.07 Å². The zero-order chi connectivity index (χ0) is 22.5. The molecule has 0 aliphatic rings. The van der Waals surface area contributed by atoms with E-state index in [2.05, 4.69) is 9.97 Å². The normalized spacial score (nSPS) is 10.8. The molecule has 0 amide bonds. The standard InChI is InChI=1S/C28H22N2O3/c31-28-25-8-4-5-9-26(25)29-27(30-28)22-12-16-24(17-13-22)33-19-21-10-14-23(15-11-21)32-18-20-6-2-1-3-7-20/h1-17H,18-19H2,(H,29,30,31). The maximum atomic E-state index is 12.3. The fourth-order valence-corrected chi connectivity index (χ4v) is 3.52. The Labute approximate surface area is 191 Å². The minimum atomic E-state index is -0.146. The third kappa shape index (κ3) is 4.93. The van der Waals surface area contributed by atoms with E-state index >= 15 is 0 Å². The minimum Gasteiger partial charge on any atom is -0.489 e. The molecule has 4 aromatic carbocycles. The highest BCUT2D eigenvalue weighted by Gasteiger charge is 2.06. The Bertz CT molecular complexity index is 1410. The van der Waals surface area contributed by atoms with Crippen molar-refractivity contribution in [1.29, 1.82) is 0 Å². The van der Waals surface area contributed by atoms with E-state index in [1.165, 1.54) is 0 Å². The van der Waals surface area contributed by atoms with Gasteiger partial charge in [-0.1, -0.05) is 54.6 Å². The molecular formula is C28H22N2O3. The van der Waals surface area contributed by atoms with Crippen molar-refractivity contribution in [2.75, 3.05) is 0 Å². The van der Waals surface area contributed by atoms with Gasteiger partial charge in [0.1, 0.15) is 30.5 Å². The van der Waals surface area contributed by atoms with E-state index in [0.29, 0.717) is 29.9 Å². The van der Waals surface area contributed by atoms with Crippen LogP contribution in [-0.4, -0.2) is 9.97 Å². The lowest BCUT2D eigenvalue weighted by Crippen LogP contribution is -2.09. The molecule has 0 saturated carbocycles. The predicted octanol–water partition coefficient (Wildman–Crippen LogP) is 5.75. The van der Waals surface area contributed by atoms with E-state index < -0.39 is 0 Å². The number of benzene rings is 4. The summed E-state index contributed by atoms with van der Waals surface area (Å²) in [5.74, 6) is 2.10. The number of rotatable bonds is 7. The first-order valence-electron chi connectivity index (χ1n) is 10.7. The molecule has 0 bridgehead atoms. The molecule has 5 aromatic rings. The van der Waals surface area contributed by atoms with Gasteiger partial charge in [-0.2, -0.15) is 0 Å². The van der Waals surface area contributed by atoms with Crippen molar-refractivity contribution in [3.8, 4) is 22.9 Å².